The fraction of sp³-hybridized carbons (Fsp3) is 0.455. The zero-order chi connectivity index (χ0) is 50.7. The number of nitrogens with zero attached hydrogens (tertiary/aromatic N) is 5. The van der Waals surface area contributed by atoms with Crippen molar-refractivity contribution >= 4 is 69.0 Å². The van der Waals surface area contributed by atoms with Crippen molar-refractivity contribution in [1.29, 1.82) is 0 Å². The molecule has 4 aliphatic rings. The lowest BCUT2D eigenvalue weighted by Crippen LogP contribution is -2.48. The molecule has 1 aromatic heterocycles. The third-order valence-electron chi connectivity index (χ3n) is 14.5. The summed E-state index contributed by atoms with van der Waals surface area (Å²) in [5.74, 6) is -1.38. The number of piperidine rings is 1. The summed E-state index contributed by atoms with van der Waals surface area (Å²) in [6, 6.07) is 22.5. The summed E-state index contributed by atoms with van der Waals surface area (Å²) in [6.45, 7) is 6.75. The van der Waals surface area contributed by atoms with Crippen LogP contribution < -0.4 is 31.1 Å². The van der Waals surface area contributed by atoms with E-state index in [2.05, 4.69) is 41.3 Å². The van der Waals surface area contributed by atoms with E-state index in [1.165, 1.54) is 12.1 Å². The zero-order valence-corrected chi connectivity index (χ0v) is 41.4. The Labute approximate surface area is 424 Å². The van der Waals surface area contributed by atoms with E-state index in [0.717, 1.165) is 93.1 Å². The van der Waals surface area contributed by atoms with Gasteiger partial charge in [-0.3, -0.25) is 34.4 Å². The highest BCUT2D eigenvalue weighted by atomic mass is 19.1. The Morgan fingerprint density at radius 2 is 1.27 bits per heavy atom. The average Bonchev–Trinajstić information content (AvgIpc) is 3.79. The van der Waals surface area contributed by atoms with Crippen LogP contribution in [0.4, 0.5) is 37.3 Å². The molecule has 0 aliphatic carbocycles. The Balaban J connectivity index is 0.676. The number of aromatic nitrogens is 2. The number of imide groups is 1. The smallest absolute Gasteiger partial charge is 0.258 e. The molecule has 73 heavy (non-hydrogen) atoms. The average molecular weight is 1000 g/mol. The van der Waals surface area contributed by atoms with Crippen LogP contribution in [0.5, 0.6) is 0 Å². The van der Waals surface area contributed by atoms with Crippen molar-refractivity contribution in [2.24, 2.45) is 0 Å². The minimum atomic E-state index is -0.634. The van der Waals surface area contributed by atoms with Gasteiger partial charge in [0.1, 0.15) is 17.7 Å². The third kappa shape index (κ3) is 13.5. The monoisotopic (exact) mass is 1000 g/mol. The number of rotatable bonds is 19. The van der Waals surface area contributed by atoms with E-state index in [-0.39, 0.29) is 35.6 Å². The Bertz CT molecular complexity index is 2730. The number of H-pyrrole nitrogens is 1. The fourth-order valence-corrected chi connectivity index (χ4v) is 10.3. The van der Waals surface area contributed by atoms with Gasteiger partial charge in [-0.25, -0.2) is 8.78 Å². The number of benzene rings is 4. The van der Waals surface area contributed by atoms with Crippen molar-refractivity contribution in [3.05, 3.63) is 107 Å². The molecule has 16 nitrogen and oxygen atoms in total. The van der Waals surface area contributed by atoms with Crippen molar-refractivity contribution < 1.29 is 37.5 Å². The molecule has 4 fully saturated rings. The number of ether oxygens (including phenoxy) is 1. The third-order valence-corrected chi connectivity index (χ3v) is 14.5. The maximum Gasteiger partial charge on any atom is 0.258 e. The van der Waals surface area contributed by atoms with Gasteiger partial charge in [-0.2, -0.15) is 5.10 Å². The second-order valence-corrected chi connectivity index (χ2v) is 19.7. The highest BCUT2D eigenvalue weighted by Crippen LogP contribution is 2.30. The van der Waals surface area contributed by atoms with E-state index in [4.69, 9.17) is 4.74 Å². The lowest BCUT2D eigenvalue weighted by atomic mass is 10.0. The number of hydrogen-bond acceptors (Lipinski definition) is 11. The standard InChI is InChI=1S/C55H66F2N10O6/c56-39-32-38(33-40(57)35-39)31-37-9-16-47-46(34-37)53(63-62-47)61-54(71)45-15-14-44(36-49(45)59-42-19-29-73-30-20-42)65-23-27-67(28-24-65)52(70)8-6-4-2-1-3-5-7-51(69)66-25-21-64(22-26-66)43-12-10-41(11-13-43)58-48-17-18-50(68)60-55(48)72/h9-16,32-36,42,48,58-59H,1-8,17-31H2,(H,60,68,72)(H2,61,62,63,71). The lowest BCUT2D eigenvalue weighted by molar-refractivity contribution is -0.134. The first-order chi connectivity index (χ1) is 35.5. The van der Waals surface area contributed by atoms with Crippen molar-refractivity contribution in [2.45, 2.75) is 95.6 Å². The Morgan fingerprint density at radius 3 is 1.92 bits per heavy atom. The molecule has 0 radical (unpaired) electrons. The van der Waals surface area contributed by atoms with Gasteiger partial charge in [0.25, 0.3) is 5.91 Å². The summed E-state index contributed by atoms with van der Waals surface area (Å²) in [6.07, 6.45) is 9.57. The molecule has 5 aromatic rings. The first-order valence-electron chi connectivity index (χ1n) is 26.0. The Kier molecular flexibility index (Phi) is 16.8. The van der Waals surface area contributed by atoms with Gasteiger partial charge >= 0.3 is 0 Å². The van der Waals surface area contributed by atoms with E-state index < -0.39 is 17.7 Å². The number of fused-ring (bicyclic) bond motifs is 1. The number of unbranched alkanes of at least 4 members (excludes halogenated alkanes) is 5. The van der Waals surface area contributed by atoms with Gasteiger partial charge in [-0.1, -0.05) is 31.7 Å². The number of amides is 5. The van der Waals surface area contributed by atoms with Crippen molar-refractivity contribution in [1.82, 2.24) is 25.3 Å². The summed E-state index contributed by atoms with van der Waals surface area (Å²) in [4.78, 5) is 72.3. The molecule has 4 saturated heterocycles. The number of carbonyl (C=O) groups is 5. The zero-order valence-electron chi connectivity index (χ0n) is 41.4. The first-order valence-corrected chi connectivity index (χ1v) is 26.0. The van der Waals surface area contributed by atoms with Crippen LogP contribution in [0.25, 0.3) is 10.9 Å². The predicted octanol–water partition coefficient (Wildman–Crippen LogP) is 7.61. The molecular weight excluding hydrogens is 935 g/mol. The summed E-state index contributed by atoms with van der Waals surface area (Å²) < 4.78 is 33.4. The van der Waals surface area contributed by atoms with E-state index in [1.807, 2.05) is 70.5 Å². The van der Waals surface area contributed by atoms with Gasteiger partial charge in [0, 0.05) is 125 Å². The largest absolute Gasteiger partial charge is 0.381 e. The van der Waals surface area contributed by atoms with Crippen LogP contribution >= 0.6 is 0 Å². The molecule has 0 spiro atoms. The number of hydrogen-bond donors (Lipinski definition) is 5. The van der Waals surface area contributed by atoms with E-state index >= 15 is 0 Å². The van der Waals surface area contributed by atoms with Gasteiger partial charge in [-0.05, 0) is 116 Å². The van der Waals surface area contributed by atoms with Gasteiger partial charge in [0.05, 0.1) is 11.1 Å². The van der Waals surface area contributed by atoms with Crippen LogP contribution in [0.2, 0.25) is 0 Å². The molecule has 9 rings (SSSR count). The van der Waals surface area contributed by atoms with Gasteiger partial charge in [0.15, 0.2) is 5.82 Å². The van der Waals surface area contributed by atoms with Crippen molar-refractivity contribution in [2.75, 3.05) is 91.3 Å². The molecule has 5 N–H and O–H groups in total. The molecule has 5 heterocycles. The number of carbonyl (C=O) groups excluding carboxylic acids is 5. The topological polar surface area (TPSA) is 184 Å². The molecule has 4 aliphatic heterocycles. The number of aromatic amines is 1. The molecule has 386 valence electrons. The number of piperazine rings is 2. The number of anilines is 5. The van der Waals surface area contributed by atoms with Gasteiger partial charge in [0.2, 0.25) is 23.6 Å². The molecule has 0 bridgehead atoms. The van der Waals surface area contributed by atoms with Gasteiger partial charge in [-0.15, -0.1) is 0 Å². The van der Waals surface area contributed by atoms with Crippen LogP contribution in [-0.2, 0) is 30.3 Å². The summed E-state index contributed by atoms with van der Waals surface area (Å²) in [7, 11) is 0. The quantitative estimate of drug-likeness (QED) is 0.0406. The van der Waals surface area contributed by atoms with Crippen LogP contribution in [0.1, 0.15) is 98.5 Å². The number of halogens is 2. The normalized spacial score (nSPS) is 17.7. The minimum Gasteiger partial charge on any atom is -0.381 e. The maximum absolute atomic E-state index is 14.0. The SMILES string of the molecule is O=C1CCC(Nc2ccc(N3CCN(C(=O)CCCCCCCCC(=O)N4CCN(c5ccc(C(=O)Nc6n[nH]c7ccc(Cc8cc(F)cc(F)c8)cc67)c(NC6CCOCC6)c5)CC4)CC3)cc2)C(=O)N1. The van der Waals surface area contributed by atoms with E-state index in [1.54, 1.807) is 0 Å². The first kappa shape index (κ1) is 50.8. The van der Waals surface area contributed by atoms with Crippen molar-refractivity contribution in [3.63, 3.8) is 0 Å². The predicted molar refractivity (Wildman–Crippen MR) is 278 cm³/mol. The van der Waals surface area contributed by atoms with E-state index in [9.17, 15) is 32.8 Å². The molecular formula is C55H66F2N10O6. The minimum absolute atomic E-state index is 0.132. The second-order valence-electron chi connectivity index (χ2n) is 19.7. The van der Waals surface area contributed by atoms with Crippen LogP contribution in [-0.4, -0.2) is 127 Å². The highest BCUT2D eigenvalue weighted by molar-refractivity contribution is 6.11. The maximum atomic E-state index is 14.0. The molecule has 0 saturated carbocycles. The summed E-state index contributed by atoms with van der Waals surface area (Å²) in [5, 5.41) is 20.3. The van der Waals surface area contributed by atoms with Gasteiger partial charge < -0.3 is 40.3 Å². The lowest BCUT2D eigenvalue weighted by Gasteiger charge is -2.36. The van der Waals surface area contributed by atoms with E-state index in [0.29, 0.717) is 118 Å². The summed E-state index contributed by atoms with van der Waals surface area (Å²) in [5.41, 5.74) is 6.07. The molecule has 4 aromatic carbocycles. The molecule has 5 amide bonds. The van der Waals surface area contributed by atoms with Crippen LogP contribution in [0.3, 0.4) is 0 Å². The second kappa shape index (κ2) is 24.1. The number of nitrogens with one attached hydrogen (secondary N) is 5. The molecule has 18 heteroatoms. The van der Waals surface area contributed by atoms with Crippen LogP contribution in [0.15, 0.2) is 78.9 Å². The Hall–Kier alpha value is -7.08. The Morgan fingerprint density at radius 1 is 0.658 bits per heavy atom. The molecule has 1 unspecified atom stereocenters. The highest BCUT2D eigenvalue weighted by Gasteiger charge is 2.28. The van der Waals surface area contributed by atoms with Crippen molar-refractivity contribution in [3.8, 4) is 0 Å². The fourth-order valence-electron chi connectivity index (χ4n) is 10.3. The summed E-state index contributed by atoms with van der Waals surface area (Å²) >= 11 is 0. The van der Waals surface area contributed by atoms with Crippen LogP contribution in [0, 0.1) is 11.6 Å². The molecule has 1 atom stereocenters.